The van der Waals surface area contributed by atoms with Crippen LogP contribution in [-0.4, -0.2) is 22.6 Å². The number of halogens is 2. The number of rotatable bonds is 3. The number of benzene rings is 1. The van der Waals surface area contributed by atoms with Crippen molar-refractivity contribution >= 4 is 34.5 Å². The summed E-state index contributed by atoms with van der Waals surface area (Å²) in [5, 5.41) is 2.78. The lowest BCUT2D eigenvalue weighted by molar-refractivity contribution is -0.139. The number of esters is 1. The molecular weight excluding hydrogens is 339 g/mol. The zero-order valence-corrected chi connectivity index (χ0v) is 14.1. The highest BCUT2D eigenvalue weighted by Crippen LogP contribution is 2.43. The van der Waals surface area contributed by atoms with Gasteiger partial charge in [0, 0.05) is 16.8 Å². The van der Waals surface area contributed by atoms with Gasteiger partial charge in [-0.05, 0) is 31.4 Å². The van der Waals surface area contributed by atoms with Crippen LogP contribution in [-0.2, 0) is 9.53 Å². The van der Waals surface area contributed by atoms with Crippen LogP contribution in [0.5, 0.6) is 0 Å². The normalized spacial score (nSPS) is 19.7. The zero-order valence-electron chi connectivity index (χ0n) is 12.5. The van der Waals surface area contributed by atoms with Crippen LogP contribution in [0.15, 0.2) is 46.1 Å². The lowest BCUT2D eigenvalue weighted by atomic mass is 9.94. The van der Waals surface area contributed by atoms with E-state index in [2.05, 4.69) is 4.99 Å². The molecule has 0 amide bonds. The van der Waals surface area contributed by atoms with Gasteiger partial charge in [0.15, 0.2) is 5.17 Å². The van der Waals surface area contributed by atoms with Crippen molar-refractivity contribution in [3.8, 4) is 0 Å². The SMILES string of the molecule is CCOC(=O)C1=C(C)N=C2SC=CN2[C@@H]1c1c(F)cccc1Cl. The lowest BCUT2D eigenvalue weighted by Crippen LogP contribution is -2.34. The van der Waals surface area contributed by atoms with E-state index in [-0.39, 0.29) is 17.2 Å². The van der Waals surface area contributed by atoms with Crippen LogP contribution >= 0.6 is 23.4 Å². The molecule has 0 radical (unpaired) electrons. The predicted molar refractivity (Wildman–Crippen MR) is 89.5 cm³/mol. The van der Waals surface area contributed by atoms with Crippen LogP contribution in [0.2, 0.25) is 5.02 Å². The van der Waals surface area contributed by atoms with Gasteiger partial charge in [-0.15, -0.1) is 0 Å². The first-order valence-corrected chi connectivity index (χ1v) is 8.32. The molecule has 0 unspecified atom stereocenters. The number of allylic oxidation sites excluding steroid dienone is 1. The number of amidine groups is 1. The summed E-state index contributed by atoms with van der Waals surface area (Å²) >= 11 is 7.65. The Balaban J connectivity index is 2.19. The summed E-state index contributed by atoms with van der Waals surface area (Å²) in [4.78, 5) is 18.6. The lowest BCUT2D eigenvalue weighted by Gasteiger charge is -2.33. The summed E-state index contributed by atoms with van der Waals surface area (Å²) in [6, 6.07) is 3.78. The maximum atomic E-state index is 14.5. The molecule has 2 aliphatic heterocycles. The Morgan fingerprint density at radius 2 is 2.30 bits per heavy atom. The molecule has 0 saturated carbocycles. The molecule has 0 fully saturated rings. The molecule has 1 aromatic rings. The van der Waals surface area contributed by atoms with Gasteiger partial charge < -0.3 is 9.64 Å². The largest absolute Gasteiger partial charge is 0.463 e. The number of fused-ring (bicyclic) bond motifs is 1. The Bertz CT molecular complexity index is 740. The van der Waals surface area contributed by atoms with E-state index in [1.165, 1.54) is 23.9 Å². The highest BCUT2D eigenvalue weighted by Gasteiger charge is 2.39. The molecule has 0 aliphatic carbocycles. The Morgan fingerprint density at radius 1 is 1.52 bits per heavy atom. The van der Waals surface area contributed by atoms with E-state index in [1.807, 2.05) is 5.41 Å². The molecule has 4 nitrogen and oxygen atoms in total. The Labute approximate surface area is 142 Å². The third-order valence-corrected chi connectivity index (χ3v) is 4.69. The molecular formula is C16H14ClFN2O2S. The van der Waals surface area contributed by atoms with Gasteiger partial charge in [0.2, 0.25) is 0 Å². The van der Waals surface area contributed by atoms with Crippen molar-refractivity contribution in [2.45, 2.75) is 19.9 Å². The van der Waals surface area contributed by atoms with Crippen molar-refractivity contribution in [2.24, 2.45) is 4.99 Å². The molecule has 2 heterocycles. The highest BCUT2D eigenvalue weighted by atomic mass is 35.5. The second-order valence-corrected chi connectivity index (χ2v) is 6.24. The number of aliphatic imine (C=N–C) groups is 1. The summed E-state index contributed by atoms with van der Waals surface area (Å²) in [5.41, 5.74) is 1.06. The van der Waals surface area contributed by atoms with Crippen molar-refractivity contribution < 1.29 is 13.9 Å². The van der Waals surface area contributed by atoms with Crippen LogP contribution in [0, 0.1) is 5.82 Å². The predicted octanol–water partition coefficient (Wildman–Crippen LogP) is 4.25. The van der Waals surface area contributed by atoms with E-state index in [0.29, 0.717) is 16.4 Å². The Kier molecular flexibility index (Phi) is 4.46. The monoisotopic (exact) mass is 352 g/mol. The van der Waals surface area contributed by atoms with E-state index in [9.17, 15) is 9.18 Å². The molecule has 3 rings (SSSR count). The van der Waals surface area contributed by atoms with Crippen LogP contribution in [0.3, 0.4) is 0 Å². The van der Waals surface area contributed by atoms with Crippen LogP contribution in [0.4, 0.5) is 4.39 Å². The second kappa shape index (κ2) is 6.37. The van der Waals surface area contributed by atoms with E-state index < -0.39 is 17.8 Å². The van der Waals surface area contributed by atoms with E-state index >= 15 is 0 Å². The molecule has 1 aromatic carbocycles. The number of thioether (sulfide) groups is 1. The third-order valence-electron chi connectivity index (χ3n) is 3.59. The molecule has 2 aliphatic rings. The van der Waals surface area contributed by atoms with E-state index in [0.717, 1.165) is 0 Å². The van der Waals surface area contributed by atoms with Crippen LogP contribution in [0.1, 0.15) is 25.5 Å². The molecule has 0 bridgehead atoms. The highest BCUT2D eigenvalue weighted by molar-refractivity contribution is 8.16. The zero-order chi connectivity index (χ0) is 16.6. The van der Waals surface area contributed by atoms with Gasteiger partial charge in [-0.2, -0.15) is 0 Å². The first-order valence-electron chi connectivity index (χ1n) is 7.06. The summed E-state index contributed by atoms with van der Waals surface area (Å²) in [6.45, 7) is 3.67. The fourth-order valence-electron chi connectivity index (χ4n) is 2.63. The fourth-order valence-corrected chi connectivity index (χ4v) is 3.68. The molecule has 0 N–H and O–H groups in total. The van der Waals surface area contributed by atoms with Crippen molar-refractivity contribution in [3.63, 3.8) is 0 Å². The molecule has 23 heavy (non-hydrogen) atoms. The summed E-state index contributed by atoms with van der Waals surface area (Å²) in [5.74, 6) is -0.980. The summed E-state index contributed by atoms with van der Waals surface area (Å²) < 4.78 is 19.6. The van der Waals surface area contributed by atoms with Crippen LogP contribution < -0.4 is 0 Å². The number of hydrogen-bond donors (Lipinski definition) is 0. The number of carbonyl (C=O) groups is 1. The van der Waals surface area contributed by atoms with E-state index in [4.69, 9.17) is 16.3 Å². The number of ether oxygens (including phenoxy) is 1. The van der Waals surface area contributed by atoms with Gasteiger partial charge in [0.1, 0.15) is 5.82 Å². The Morgan fingerprint density at radius 3 is 3.00 bits per heavy atom. The number of carbonyl (C=O) groups excluding carboxylic acids is 1. The maximum Gasteiger partial charge on any atom is 0.338 e. The molecule has 1 atom stereocenters. The minimum atomic E-state index is -0.693. The van der Waals surface area contributed by atoms with Crippen molar-refractivity contribution in [1.82, 2.24) is 4.90 Å². The molecule has 7 heteroatoms. The molecule has 120 valence electrons. The average Bonchev–Trinajstić information content (AvgIpc) is 2.94. The third kappa shape index (κ3) is 2.77. The van der Waals surface area contributed by atoms with Gasteiger partial charge in [-0.1, -0.05) is 29.4 Å². The second-order valence-electron chi connectivity index (χ2n) is 4.96. The Hall–Kier alpha value is -1.79. The standard InChI is InChI=1S/C16H14ClFN2O2S/c1-3-22-15(21)12-9(2)19-16-20(7-8-23-16)14(12)13-10(17)5-4-6-11(13)18/h4-8,14H,3H2,1-2H3/t14-/m0/s1. The molecule has 0 saturated heterocycles. The first kappa shape index (κ1) is 16.1. The summed E-state index contributed by atoms with van der Waals surface area (Å²) in [7, 11) is 0. The maximum absolute atomic E-state index is 14.5. The smallest absolute Gasteiger partial charge is 0.338 e. The first-order chi connectivity index (χ1) is 11.0. The van der Waals surface area contributed by atoms with Crippen molar-refractivity contribution in [3.05, 3.63) is 57.5 Å². The minimum absolute atomic E-state index is 0.231. The number of nitrogens with zero attached hydrogens (tertiary/aromatic N) is 2. The minimum Gasteiger partial charge on any atom is -0.463 e. The van der Waals surface area contributed by atoms with Crippen molar-refractivity contribution in [2.75, 3.05) is 6.61 Å². The fraction of sp³-hybridized carbons (Fsp3) is 0.250. The quantitative estimate of drug-likeness (QED) is 0.763. The average molecular weight is 353 g/mol. The van der Waals surface area contributed by atoms with Gasteiger partial charge in [-0.25, -0.2) is 14.2 Å². The van der Waals surface area contributed by atoms with Gasteiger partial charge >= 0.3 is 5.97 Å². The molecule has 0 spiro atoms. The van der Waals surface area contributed by atoms with Gasteiger partial charge in [0.25, 0.3) is 0 Å². The number of hydrogen-bond acceptors (Lipinski definition) is 5. The summed E-state index contributed by atoms with van der Waals surface area (Å²) in [6.07, 6.45) is 1.77. The topological polar surface area (TPSA) is 41.9 Å². The van der Waals surface area contributed by atoms with Gasteiger partial charge in [0.05, 0.1) is 23.9 Å². The van der Waals surface area contributed by atoms with Crippen molar-refractivity contribution in [1.29, 1.82) is 0 Å². The van der Waals surface area contributed by atoms with Crippen LogP contribution in [0.25, 0.3) is 0 Å². The molecule has 0 aromatic heterocycles. The van der Waals surface area contributed by atoms with E-state index in [1.54, 1.807) is 31.0 Å². The van der Waals surface area contributed by atoms with Gasteiger partial charge in [-0.3, -0.25) is 0 Å².